The summed E-state index contributed by atoms with van der Waals surface area (Å²) in [6.07, 6.45) is -0.402. The molecule has 0 aliphatic carbocycles. The third-order valence-electron chi connectivity index (χ3n) is 11.9. The van der Waals surface area contributed by atoms with E-state index >= 15 is 0 Å². The van der Waals surface area contributed by atoms with E-state index in [0.717, 1.165) is 93.9 Å². The highest BCUT2D eigenvalue weighted by atomic mass is 16.3. The third-order valence-corrected chi connectivity index (χ3v) is 11.9. The number of nitrogens with zero attached hydrogens (tertiary/aromatic N) is 2. The Kier molecular flexibility index (Phi) is 8.49. The van der Waals surface area contributed by atoms with Gasteiger partial charge in [0.25, 0.3) is 0 Å². The lowest BCUT2D eigenvalue weighted by atomic mass is 9.91. The van der Waals surface area contributed by atoms with Gasteiger partial charge < -0.3 is 14.2 Å². The lowest BCUT2D eigenvalue weighted by molar-refractivity contribution is 0.666. The maximum absolute atomic E-state index is 6.72. The summed E-state index contributed by atoms with van der Waals surface area (Å²) in [7, 11) is 0. The second-order valence-electron chi connectivity index (χ2n) is 15.8. The molecule has 11 aromatic rings. The molecule has 0 saturated heterocycles. The molecule has 3 heterocycles. The Morgan fingerprint density at radius 1 is 0.355 bits per heavy atom. The van der Waals surface area contributed by atoms with Crippen LogP contribution < -0.4 is 5.32 Å². The summed E-state index contributed by atoms with van der Waals surface area (Å²) in [5, 5.41) is 7.97. The Bertz CT molecular complexity index is 3490. The molecular weight excluding hydrogens is 759 g/mol. The molecule has 0 radical (unpaired) electrons. The van der Waals surface area contributed by atoms with Gasteiger partial charge in [-0.2, -0.15) is 0 Å². The SMILES string of the molecule is c1ccc(-c2cc(-c3ccccc3)cc(-c3cccc4oc5cc(C6=NC(c7ccc8c(c7)oc7ccccc78)=NC(c7cccc(-c8ccccc8)c7)N6)ccc5c34)c2)cc1. The first-order valence-corrected chi connectivity index (χ1v) is 20.9. The number of fused-ring (bicyclic) bond motifs is 6. The van der Waals surface area contributed by atoms with Crippen LogP contribution in [0.25, 0.3) is 88.4 Å². The van der Waals surface area contributed by atoms with Crippen molar-refractivity contribution in [2.75, 3.05) is 0 Å². The zero-order chi connectivity index (χ0) is 41.0. The van der Waals surface area contributed by atoms with Gasteiger partial charge in [0.15, 0.2) is 5.84 Å². The second kappa shape index (κ2) is 14.8. The van der Waals surface area contributed by atoms with E-state index in [1.54, 1.807) is 0 Å². The van der Waals surface area contributed by atoms with Crippen LogP contribution in [0, 0.1) is 0 Å². The largest absolute Gasteiger partial charge is 0.456 e. The molecule has 12 rings (SSSR count). The molecule has 1 aliphatic rings. The van der Waals surface area contributed by atoms with Gasteiger partial charge in [-0.15, -0.1) is 0 Å². The number of hydrogen-bond acceptors (Lipinski definition) is 5. The maximum Gasteiger partial charge on any atom is 0.159 e. The molecule has 1 N–H and O–H groups in total. The highest BCUT2D eigenvalue weighted by Gasteiger charge is 2.24. The number of nitrogens with one attached hydrogen (secondary N) is 1. The molecule has 5 nitrogen and oxygen atoms in total. The van der Waals surface area contributed by atoms with Crippen molar-refractivity contribution in [1.29, 1.82) is 0 Å². The first-order chi connectivity index (χ1) is 30.7. The lowest BCUT2D eigenvalue weighted by Gasteiger charge is -2.24. The second-order valence-corrected chi connectivity index (χ2v) is 15.8. The van der Waals surface area contributed by atoms with Gasteiger partial charge in [0, 0.05) is 32.7 Å². The van der Waals surface area contributed by atoms with E-state index in [-0.39, 0.29) is 0 Å². The van der Waals surface area contributed by atoms with Gasteiger partial charge in [-0.3, -0.25) is 0 Å². The predicted molar refractivity (Wildman–Crippen MR) is 255 cm³/mol. The van der Waals surface area contributed by atoms with Crippen LogP contribution in [0.5, 0.6) is 0 Å². The molecule has 292 valence electrons. The summed E-state index contributed by atoms with van der Waals surface area (Å²) < 4.78 is 13.0. The minimum Gasteiger partial charge on any atom is -0.456 e. The van der Waals surface area contributed by atoms with Crippen LogP contribution in [0.3, 0.4) is 0 Å². The first-order valence-electron chi connectivity index (χ1n) is 20.9. The van der Waals surface area contributed by atoms with Crippen LogP contribution in [0.1, 0.15) is 22.9 Å². The standard InChI is InChI=1S/C57H37N3O2/c1-4-14-36(15-5-1)39-20-12-21-40(30-39)55-58-56(41-26-28-48-47-22-10-11-24-50(47)61-52(48)34-41)60-57(59-55)42-27-29-49-53(35-42)62-51-25-13-23-46(54(49)51)45-32-43(37-16-6-2-7-17-37)31-44(33-45)38-18-8-3-9-19-38/h1-35,55H,(H,58,59,60). The van der Waals surface area contributed by atoms with Gasteiger partial charge in [0.1, 0.15) is 34.3 Å². The summed E-state index contributed by atoms with van der Waals surface area (Å²) in [6, 6.07) is 74.2. The highest BCUT2D eigenvalue weighted by Crippen LogP contribution is 2.41. The number of amidine groups is 2. The van der Waals surface area contributed by atoms with Crippen LogP contribution >= 0.6 is 0 Å². The molecule has 0 amide bonds. The average Bonchev–Trinajstić information content (AvgIpc) is 3.92. The van der Waals surface area contributed by atoms with Crippen LogP contribution in [-0.4, -0.2) is 11.7 Å². The molecule has 0 fully saturated rings. The van der Waals surface area contributed by atoms with Gasteiger partial charge >= 0.3 is 0 Å². The molecule has 0 spiro atoms. The van der Waals surface area contributed by atoms with E-state index in [9.17, 15) is 0 Å². The number of furan rings is 2. The summed E-state index contributed by atoms with van der Waals surface area (Å²) in [6.45, 7) is 0. The monoisotopic (exact) mass is 795 g/mol. The maximum atomic E-state index is 6.72. The van der Waals surface area contributed by atoms with Crippen molar-refractivity contribution in [3.63, 3.8) is 0 Å². The van der Waals surface area contributed by atoms with Gasteiger partial charge in [0.05, 0.1) is 0 Å². The van der Waals surface area contributed by atoms with Gasteiger partial charge in [-0.05, 0) is 111 Å². The predicted octanol–water partition coefficient (Wildman–Crippen LogP) is 14.6. The quantitative estimate of drug-likeness (QED) is 0.175. The molecule has 9 aromatic carbocycles. The number of benzene rings is 9. The normalized spacial score (nSPS) is 14.0. The Labute approximate surface area is 358 Å². The van der Waals surface area contributed by atoms with E-state index in [4.69, 9.17) is 18.8 Å². The first kappa shape index (κ1) is 35.6. The van der Waals surface area contributed by atoms with Crippen molar-refractivity contribution in [3.05, 3.63) is 229 Å². The minimum absolute atomic E-state index is 0.402. The third kappa shape index (κ3) is 6.35. The van der Waals surface area contributed by atoms with Gasteiger partial charge in [-0.1, -0.05) is 152 Å². The smallest absolute Gasteiger partial charge is 0.159 e. The van der Waals surface area contributed by atoms with Crippen LogP contribution in [0.4, 0.5) is 0 Å². The molecule has 1 unspecified atom stereocenters. The van der Waals surface area contributed by atoms with E-state index in [1.165, 1.54) is 11.1 Å². The van der Waals surface area contributed by atoms with Crippen LogP contribution in [0.15, 0.2) is 231 Å². The molecule has 5 heteroatoms. The number of hydrogen-bond donors (Lipinski definition) is 1. The van der Waals surface area contributed by atoms with Crippen molar-refractivity contribution < 1.29 is 8.83 Å². The topological polar surface area (TPSA) is 63.0 Å². The highest BCUT2D eigenvalue weighted by molar-refractivity contribution is 6.18. The Morgan fingerprint density at radius 3 is 1.66 bits per heavy atom. The fourth-order valence-electron chi connectivity index (χ4n) is 8.87. The molecule has 1 atom stereocenters. The molecule has 0 saturated carbocycles. The molecule has 0 bridgehead atoms. The molecule has 2 aromatic heterocycles. The average molecular weight is 796 g/mol. The van der Waals surface area contributed by atoms with Crippen molar-refractivity contribution in [3.8, 4) is 44.5 Å². The Balaban J connectivity index is 0.978. The molecular formula is C57H37N3O2. The van der Waals surface area contributed by atoms with E-state index in [2.05, 4.69) is 193 Å². The lowest BCUT2D eigenvalue weighted by Crippen LogP contribution is -2.33. The van der Waals surface area contributed by atoms with Crippen molar-refractivity contribution in [2.24, 2.45) is 9.98 Å². The fraction of sp³-hybridized carbons (Fsp3) is 0.0175. The van der Waals surface area contributed by atoms with Crippen LogP contribution in [-0.2, 0) is 0 Å². The minimum atomic E-state index is -0.402. The summed E-state index contributed by atoms with van der Waals surface area (Å²) in [5.41, 5.74) is 15.3. The number of rotatable bonds is 7. The van der Waals surface area contributed by atoms with Crippen molar-refractivity contribution in [1.82, 2.24) is 5.32 Å². The Hall–Kier alpha value is -8.28. The van der Waals surface area contributed by atoms with Crippen molar-refractivity contribution >= 4 is 55.5 Å². The van der Waals surface area contributed by atoms with E-state index < -0.39 is 6.17 Å². The van der Waals surface area contributed by atoms with Gasteiger partial charge in [0.2, 0.25) is 0 Å². The summed E-state index contributed by atoms with van der Waals surface area (Å²) >= 11 is 0. The zero-order valence-corrected chi connectivity index (χ0v) is 33.5. The molecule has 1 aliphatic heterocycles. The van der Waals surface area contributed by atoms with E-state index in [1.807, 2.05) is 24.3 Å². The van der Waals surface area contributed by atoms with Gasteiger partial charge in [-0.25, -0.2) is 9.98 Å². The van der Waals surface area contributed by atoms with E-state index in [0.29, 0.717) is 11.7 Å². The fourth-order valence-corrected chi connectivity index (χ4v) is 8.87. The summed E-state index contributed by atoms with van der Waals surface area (Å²) in [4.78, 5) is 10.5. The van der Waals surface area contributed by atoms with Crippen molar-refractivity contribution in [2.45, 2.75) is 6.17 Å². The number of para-hydroxylation sites is 1. The van der Waals surface area contributed by atoms with Crippen LogP contribution in [0.2, 0.25) is 0 Å². The zero-order valence-electron chi connectivity index (χ0n) is 33.5. The Morgan fingerprint density at radius 2 is 0.903 bits per heavy atom. The molecule has 62 heavy (non-hydrogen) atoms. The number of aliphatic imine (C=N–C) groups is 2. The summed E-state index contributed by atoms with van der Waals surface area (Å²) in [5.74, 6) is 1.33.